The molecule has 112 valence electrons. The third-order valence-electron chi connectivity index (χ3n) is 3.73. The Morgan fingerprint density at radius 2 is 1.67 bits per heavy atom. The maximum atomic E-state index is 12.5. The Bertz CT molecular complexity index is 619. The first-order valence-electron chi connectivity index (χ1n) is 7.28. The van der Waals surface area contributed by atoms with Crippen LogP contribution in [0.4, 0.5) is 0 Å². The summed E-state index contributed by atoms with van der Waals surface area (Å²) >= 11 is 0. The molecule has 0 aromatic heterocycles. The van der Waals surface area contributed by atoms with Crippen molar-refractivity contribution in [1.29, 1.82) is 0 Å². The lowest BCUT2D eigenvalue weighted by atomic mass is 10.0. The van der Waals surface area contributed by atoms with Crippen molar-refractivity contribution in [3.63, 3.8) is 0 Å². The number of benzene rings is 2. The molecule has 2 nitrogen and oxygen atoms in total. The Hall–Kier alpha value is -1.45. The van der Waals surface area contributed by atoms with Crippen molar-refractivity contribution in [2.75, 3.05) is 5.75 Å². The highest BCUT2D eigenvalue weighted by molar-refractivity contribution is 7.85. The molecule has 0 saturated carbocycles. The molecule has 0 aliphatic carbocycles. The fourth-order valence-electron chi connectivity index (χ4n) is 2.36. The lowest BCUT2D eigenvalue weighted by molar-refractivity contribution is 0.675. The predicted octanol–water partition coefficient (Wildman–Crippen LogP) is 3.93. The molecule has 0 saturated heterocycles. The minimum atomic E-state index is -1.07. The largest absolute Gasteiger partial charge is 0.323 e. The maximum absolute atomic E-state index is 12.5. The van der Waals surface area contributed by atoms with Gasteiger partial charge in [-0.25, -0.2) is 0 Å². The van der Waals surface area contributed by atoms with Crippen molar-refractivity contribution in [2.24, 2.45) is 5.73 Å². The van der Waals surface area contributed by atoms with Gasteiger partial charge in [0.15, 0.2) is 0 Å². The summed E-state index contributed by atoms with van der Waals surface area (Å²) in [4.78, 5) is 0.850. The third-order valence-corrected chi connectivity index (χ3v) is 5.19. The van der Waals surface area contributed by atoms with Gasteiger partial charge in [-0.1, -0.05) is 50.2 Å². The van der Waals surface area contributed by atoms with E-state index in [1.807, 2.05) is 43.3 Å². The van der Waals surface area contributed by atoms with Crippen LogP contribution in [-0.2, 0) is 10.8 Å². The average Bonchev–Trinajstić information content (AvgIpc) is 2.47. The van der Waals surface area contributed by atoms with Crippen molar-refractivity contribution in [2.45, 2.75) is 37.6 Å². The molecule has 0 amide bonds. The van der Waals surface area contributed by atoms with E-state index in [0.29, 0.717) is 11.7 Å². The average molecular weight is 301 g/mol. The van der Waals surface area contributed by atoms with E-state index in [0.717, 1.165) is 16.0 Å². The summed E-state index contributed by atoms with van der Waals surface area (Å²) < 4.78 is 12.5. The molecule has 2 unspecified atom stereocenters. The van der Waals surface area contributed by atoms with Gasteiger partial charge < -0.3 is 5.73 Å². The minimum Gasteiger partial charge on any atom is -0.323 e. The number of hydrogen-bond donors (Lipinski definition) is 1. The van der Waals surface area contributed by atoms with E-state index in [2.05, 4.69) is 26.0 Å². The van der Waals surface area contributed by atoms with E-state index in [-0.39, 0.29) is 6.04 Å². The molecular weight excluding hydrogens is 278 g/mol. The molecule has 2 aromatic rings. The van der Waals surface area contributed by atoms with Crippen molar-refractivity contribution in [3.8, 4) is 0 Å². The van der Waals surface area contributed by atoms with Crippen molar-refractivity contribution in [3.05, 3.63) is 65.2 Å². The van der Waals surface area contributed by atoms with Gasteiger partial charge in [0, 0.05) is 16.7 Å². The zero-order valence-corrected chi connectivity index (χ0v) is 13.7. The Morgan fingerprint density at radius 1 is 1.05 bits per heavy atom. The second-order valence-corrected chi connectivity index (χ2v) is 7.19. The fourth-order valence-corrected chi connectivity index (χ4v) is 3.49. The standard InChI is InChI=1S/C18H23NOS/c1-13(2)15-8-10-16(11-9-15)21(20)12-18(19)17-7-5-4-6-14(17)3/h4-11,13,18H,12,19H2,1-3H3. The summed E-state index contributed by atoms with van der Waals surface area (Å²) in [6, 6.07) is 15.8. The van der Waals surface area contributed by atoms with Crippen LogP contribution in [0.25, 0.3) is 0 Å². The monoisotopic (exact) mass is 301 g/mol. The van der Waals surface area contributed by atoms with Gasteiger partial charge in [0.25, 0.3) is 0 Å². The highest BCUT2D eigenvalue weighted by Crippen LogP contribution is 2.20. The van der Waals surface area contributed by atoms with Crippen LogP contribution < -0.4 is 5.73 Å². The van der Waals surface area contributed by atoms with Crippen LogP contribution in [-0.4, -0.2) is 9.96 Å². The van der Waals surface area contributed by atoms with E-state index in [4.69, 9.17) is 5.73 Å². The molecule has 21 heavy (non-hydrogen) atoms. The quantitative estimate of drug-likeness (QED) is 0.909. The van der Waals surface area contributed by atoms with Gasteiger partial charge in [0.1, 0.15) is 0 Å². The maximum Gasteiger partial charge on any atom is 0.0548 e. The smallest absolute Gasteiger partial charge is 0.0548 e. The Morgan fingerprint density at radius 3 is 2.24 bits per heavy atom. The van der Waals surface area contributed by atoms with Crippen LogP contribution in [0.2, 0.25) is 0 Å². The molecule has 2 rings (SSSR count). The molecule has 0 heterocycles. The molecule has 3 heteroatoms. The van der Waals surface area contributed by atoms with Crippen LogP contribution >= 0.6 is 0 Å². The Kier molecular flexibility index (Phi) is 5.32. The summed E-state index contributed by atoms with van der Waals surface area (Å²) in [6.45, 7) is 6.34. The van der Waals surface area contributed by atoms with Crippen LogP contribution in [0.1, 0.15) is 42.5 Å². The van der Waals surface area contributed by atoms with Gasteiger partial charge in [-0.05, 0) is 41.7 Å². The van der Waals surface area contributed by atoms with Gasteiger partial charge in [-0.15, -0.1) is 0 Å². The van der Waals surface area contributed by atoms with E-state index in [1.54, 1.807) is 0 Å². The van der Waals surface area contributed by atoms with Crippen molar-refractivity contribution >= 4 is 10.8 Å². The number of aryl methyl sites for hydroxylation is 1. The SMILES string of the molecule is Cc1ccccc1C(N)CS(=O)c1ccc(C(C)C)cc1. The third kappa shape index (κ3) is 4.02. The van der Waals surface area contributed by atoms with Crippen LogP contribution in [0.3, 0.4) is 0 Å². The van der Waals surface area contributed by atoms with Gasteiger partial charge in [0.2, 0.25) is 0 Å². The first-order chi connectivity index (χ1) is 9.99. The summed E-state index contributed by atoms with van der Waals surface area (Å²) in [7, 11) is -1.07. The molecule has 2 atom stereocenters. The molecule has 0 spiro atoms. The lowest BCUT2D eigenvalue weighted by Crippen LogP contribution is -2.19. The minimum absolute atomic E-state index is 0.197. The molecular formula is C18H23NOS. The van der Waals surface area contributed by atoms with E-state index >= 15 is 0 Å². The van der Waals surface area contributed by atoms with Gasteiger partial charge >= 0.3 is 0 Å². The summed E-state index contributed by atoms with van der Waals surface area (Å²) in [6.07, 6.45) is 0. The lowest BCUT2D eigenvalue weighted by Gasteiger charge is -2.14. The van der Waals surface area contributed by atoms with Crippen LogP contribution in [0, 0.1) is 6.92 Å². The van der Waals surface area contributed by atoms with E-state index in [1.165, 1.54) is 5.56 Å². The predicted molar refractivity (Wildman–Crippen MR) is 89.9 cm³/mol. The first-order valence-corrected chi connectivity index (χ1v) is 8.60. The molecule has 2 aromatic carbocycles. The van der Waals surface area contributed by atoms with Gasteiger partial charge in [-0.2, -0.15) is 0 Å². The number of nitrogens with two attached hydrogens (primary N) is 1. The van der Waals surface area contributed by atoms with E-state index in [9.17, 15) is 4.21 Å². The number of rotatable bonds is 5. The van der Waals surface area contributed by atoms with Crippen molar-refractivity contribution in [1.82, 2.24) is 0 Å². The zero-order chi connectivity index (χ0) is 15.4. The summed E-state index contributed by atoms with van der Waals surface area (Å²) in [5, 5.41) is 0. The Balaban J connectivity index is 2.09. The summed E-state index contributed by atoms with van der Waals surface area (Å²) in [5.41, 5.74) is 9.71. The zero-order valence-electron chi connectivity index (χ0n) is 12.9. The summed E-state index contributed by atoms with van der Waals surface area (Å²) in [5.74, 6) is 0.938. The Labute approximate surface area is 129 Å². The molecule has 0 aliphatic rings. The molecule has 0 bridgehead atoms. The molecule has 2 N–H and O–H groups in total. The second kappa shape index (κ2) is 7.01. The highest BCUT2D eigenvalue weighted by atomic mass is 32.2. The fraction of sp³-hybridized carbons (Fsp3) is 0.333. The van der Waals surface area contributed by atoms with E-state index < -0.39 is 10.8 Å². The topological polar surface area (TPSA) is 43.1 Å². The van der Waals surface area contributed by atoms with Gasteiger partial charge in [0.05, 0.1) is 10.8 Å². The van der Waals surface area contributed by atoms with Crippen LogP contribution in [0.5, 0.6) is 0 Å². The highest BCUT2D eigenvalue weighted by Gasteiger charge is 2.14. The normalized spacial score (nSPS) is 14.1. The molecule has 0 radical (unpaired) electrons. The van der Waals surface area contributed by atoms with Crippen molar-refractivity contribution < 1.29 is 4.21 Å². The molecule has 0 fully saturated rings. The second-order valence-electron chi connectivity index (χ2n) is 5.70. The first kappa shape index (κ1) is 15.9. The molecule has 0 aliphatic heterocycles. The van der Waals surface area contributed by atoms with Crippen LogP contribution in [0.15, 0.2) is 53.4 Å². The number of hydrogen-bond acceptors (Lipinski definition) is 2. The van der Waals surface area contributed by atoms with Gasteiger partial charge in [-0.3, -0.25) is 4.21 Å².